The molecule has 0 bridgehead atoms. The minimum absolute atomic E-state index is 0.0493. The van der Waals surface area contributed by atoms with E-state index in [4.69, 9.17) is 4.74 Å². The van der Waals surface area contributed by atoms with Crippen molar-refractivity contribution in [3.63, 3.8) is 0 Å². The number of carbonyl (C=O) groups excluding carboxylic acids is 2. The Kier molecular flexibility index (Phi) is 4.94. The highest BCUT2D eigenvalue weighted by molar-refractivity contribution is 5.77. The molecule has 7 heteroatoms. The number of likely N-dealkylation sites (tertiary alicyclic amines) is 1. The van der Waals surface area contributed by atoms with Gasteiger partial charge >= 0.3 is 6.09 Å². The number of rotatable bonds is 3. The molecule has 0 spiro atoms. The summed E-state index contributed by atoms with van der Waals surface area (Å²) in [5.41, 5.74) is -0.627. The standard InChI is InChI=1S/C13H22F2N2O3/c1-9(16-11(19)20-12(2,3)4)7-17-8-13(14,15)6-5-10(17)18/h9H,5-8H2,1-4H3,(H,16,19)/t9-/m0/s1. The molecule has 20 heavy (non-hydrogen) atoms. The van der Waals surface area contributed by atoms with E-state index in [1.54, 1.807) is 27.7 Å². The summed E-state index contributed by atoms with van der Waals surface area (Å²) < 4.78 is 31.6. The Balaban J connectivity index is 2.47. The van der Waals surface area contributed by atoms with Crippen LogP contribution >= 0.6 is 0 Å². The van der Waals surface area contributed by atoms with Gasteiger partial charge in [0.1, 0.15) is 5.60 Å². The van der Waals surface area contributed by atoms with E-state index in [0.717, 1.165) is 4.90 Å². The van der Waals surface area contributed by atoms with Crippen LogP contribution in [-0.2, 0) is 9.53 Å². The summed E-state index contributed by atoms with van der Waals surface area (Å²) in [6, 6.07) is -0.456. The third-order valence-electron chi connectivity index (χ3n) is 2.74. The number of piperidine rings is 1. The van der Waals surface area contributed by atoms with Gasteiger partial charge < -0.3 is 15.0 Å². The summed E-state index contributed by atoms with van der Waals surface area (Å²) in [6.45, 7) is 6.29. The van der Waals surface area contributed by atoms with Crippen molar-refractivity contribution in [3.05, 3.63) is 0 Å². The monoisotopic (exact) mass is 292 g/mol. The van der Waals surface area contributed by atoms with Gasteiger partial charge in [-0.2, -0.15) is 0 Å². The maximum absolute atomic E-state index is 13.3. The minimum Gasteiger partial charge on any atom is -0.444 e. The maximum Gasteiger partial charge on any atom is 0.407 e. The van der Waals surface area contributed by atoms with Gasteiger partial charge in [0.25, 0.3) is 5.92 Å². The van der Waals surface area contributed by atoms with Crippen LogP contribution in [0.15, 0.2) is 0 Å². The number of alkyl halides is 2. The summed E-state index contributed by atoms with van der Waals surface area (Å²) >= 11 is 0. The Morgan fingerprint density at radius 1 is 1.50 bits per heavy atom. The minimum atomic E-state index is -2.85. The van der Waals surface area contributed by atoms with E-state index in [0.29, 0.717) is 0 Å². The Labute approximate surface area is 117 Å². The lowest BCUT2D eigenvalue weighted by atomic mass is 10.1. The molecule has 5 nitrogen and oxygen atoms in total. The van der Waals surface area contributed by atoms with Crippen LogP contribution < -0.4 is 5.32 Å². The highest BCUT2D eigenvalue weighted by Gasteiger charge is 2.39. The molecule has 2 amide bonds. The highest BCUT2D eigenvalue weighted by Crippen LogP contribution is 2.27. The van der Waals surface area contributed by atoms with Crippen LogP contribution in [0.2, 0.25) is 0 Å². The fourth-order valence-electron chi connectivity index (χ4n) is 1.95. The molecule has 1 rings (SSSR count). The lowest BCUT2D eigenvalue weighted by Gasteiger charge is -2.34. The van der Waals surface area contributed by atoms with Crippen molar-refractivity contribution in [1.29, 1.82) is 0 Å². The second kappa shape index (κ2) is 5.93. The van der Waals surface area contributed by atoms with Crippen molar-refractivity contribution in [2.24, 2.45) is 0 Å². The van der Waals surface area contributed by atoms with Gasteiger partial charge in [-0.1, -0.05) is 0 Å². The van der Waals surface area contributed by atoms with Crippen LogP contribution in [0.1, 0.15) is 40.5 Å². The number of hydrogen-bond acceptors (Lipinski definition) is 3. The largest absolute Gasteiger partial charge is 0.444 e. The number of amides is 2. The first-order valence-electron chi connectivity index (χ1n) is 6.64. The van der Waals surface area contributed by atoms with Crippen molar-refractivity contribution in [2.45, 2.75) is 58.1 Å². The topological polar surface area (TPSA) is 58.6 Å². The van der Waals surface area contributed by atoms with Crippen LogP contribution in [-0.4, -0.2) is 47.6 Å². The first-order chi connectivity index (χ1) is 8.98. The van der Waals surface area contributed by atoms with Gasteiger partial charge in [0.05, 0.1) is 6.54 Å². The number of hydrogen-bond donors (Lipinski definition) is 1. The van der Waals surface area contributed by atoms with E-state index in [-0.39, 0.29) is 18.9 Å². The fraction of sp³-hybridized carbons (Fsp3) is 0.846. The number of nitrogens with one attached hydrogen (secondary N) is 1. The smallest absolute Gasteiger partial charge is 0.407 e. The third kappa shape index (κ3) is 5.71. The number of alkyl carbamates (subject to hydrolysis) is 1. The van der Waals surface area contributed by atoms with Gasteiger partial charge in [0, 0.05) is 25.4 Å². The normalized spacial score (nSPS) is 20.5. The molecule has 0 aromatic carbocycles. The predicted octanol–water partition coefficient (Wildman–Crippen LogP) is 2.16. The molecule has 1 aliphatic rings. The lowest BCUT2D eigenvalue weighted by molar-refractivity contribution is -0.147. The molecule has 1 atom stereocenters. The van der Waals surface area contributed by atoms with Gasteiger partial charge in [0.15, 0.2) is 0 Å². The average Bonchev–Trinajstić information content (AvgIpc) is 2.20. The van der Waals surface area contributed by atoms with Crippen LogP contribution in [0.25, 0.3) is 0 Å². The first kappa shape index (κ1) is 16.7. The zero-order chi connectivity index (χ0) is 15.6. The van der Waals surface area contributed by atoms with Gasteiger partial charge in [0.2, 0.25) is 5.91 Å². The number of ether oxygens (including phenoxy) is 1. The van der Waals surface area contributed by atoms with Crippen molar-refractivity contribution >= 4 is 12.0 Å². The van der Waals surface area contributed by atoms with Gasteiger partial charge in [-0.25, -0.2) is 13.6 Å². The number of carbonyl (C=O) groups is 2. The SMILES string of the molecule is C[C@@H](CN1CC(F)(F)CCC1=O)NC(=O)OC(C)(C)C. The summed E-state index contributed by atoms with van der Waals surface area (Å²) in [6.07, 6.45) is -1.19. The second-order valence-electron chi connectivity index (χ2n) is 6.18. The molecular weight excluding hydrogens is 270 g/mol. The van der Waals surface area contributed by atoms with Gasteiger partial charge in [-0.3, -0.25) is 4.79 Å². The lowest BCUT2D eigenvalue weighted by Crippen LogP contribution is -2.51. The molecule has 0 aromatic rings. The molecule has 0 unspecified atom stereocenters. The molecule has 0 radical (unpaired) electrons. The molecule has 1 saturated heterocycles. The quantitative estimate of drug-likeness (QED) is 0.867. The van der Waals surface area contributed by atoms with E-state index >= 15 is 0 Å². The average molecular weight is 292 g/mol. The van der Waals surface area contributed by atoms with Crippen LogP contribution in [0, 0.1) is 0 Å². The Morgan fingerprint density at radius 2 is 2.10 bits per heavy atom. The first-order valence-corrected chi connectivity index (χ1v) is 6.64. The Morgan fingerprint density at radius 3 is 2.65 bits per heavy atom. The summed E-state index contributed by atoms with van der Waals surface area (Å²) in [4.78, 5) is 24.2. The Hall–Kier alpha value is -1.40. The molecule has 0 aliphatic carbocycles. The second-order valence-corrected chi connectivity index (χ2v) is 6.18. The molecule has 0 saturated carbocycles. The van der Waals surface area contributed by atoms with Crippen LogP contribution in [0.3, 0.4) is 0 Å². The molecular formula is C13H22F2N2O3. The molecule has 1 fully saturated rings. The summed E-state index contributed by atoms with van der Waals surface area (Å²) in [7, 11) is 0. The van der Waals surface area contributed by atoms with Crippen molar-refractivity contribution in [2.75, 3.05) is 13.1 Å². The number of halogens is 2. The third-order valence-corrected chi connectivity index (χ3v) is 2.74. The molecule has 1 heterocycles. The van der Waals surface area contributed by atoms with Crippen molar-refractivity contribution in [3.8, 4) is 0 Å². The van der Waals surface area contributed by atoms with Crippen molar-refractivity contribution < 1.29 is 23.1 Å². The van der Waals surface area contributed by atoms with E-state index in [1.807, 2.05) is 0 Å². The van der Waals surface area contributed by atoms with E-state index in [9.17, 15) is 18.4 Å². The Bertz CT molecular complexity index is 380. The van der Waals surface area contributed by atoms with Gasteiger partial charge in [-0.05, 0) is 27.7 Å². The van der Waals surface area contributed by atoms with Crippen LogP contribution in [0.4, 0.5) is 13.6 Å². The zero-order valence-corrected chi connectivity index (χ0v) is 12.3. The highest BCUT2D eigenvalue weighted by atomic mass is 19.3. The maximum atomic E-state index is 13.3. The molecule has 116 valence electrons. The van der Waals surface area contributed by atoms with Crippen molar-refractivity contribution in [1.82, 2.24) is 10.2 Å². The summed E-state index contributed by atoms with van der Waals surface area (Å²) in [5.74, 6) is -3.16. The molecule has 0 aromatic heterocycles. The molecule has 1 N–H and O–H groups in total. The van der Waals surface area contributed by atoms with E-state index in [1.165, 1.54) is 0 Å². The summed E-state index contributed by atoms with van der Waals surface area (Å²) in [5, 5.41) is 2.53. The molecule has 1 aliphatic heterocycles. The van der Waals surface area contributed by atoms with Gasteiger partial charge in [-0.15, -0.1) is 0 Å². The van der Waals surface area contributed by atoms with Crippen LogP contribution in [0.5, 0.6) is 0 Å². The van der Waals surface area contributed by atoms with E-state index in [2.05, 4.69) is 5.32 Å². The predicted molar refractivity (Wildman–Crippen MR) is 69.6 cm³/mol. The van der Waals surface area contributed by atoms with E-state index < -0.39 is 36.6 Å². The fourth-order valence-corrected chi connectivity index (χ4v) is 1.95. The number of nitrogens with zero attached hydrogens (tertiary/aromatic N) is 1. The zero-order valence-electron chi connectivity index (χ0n) is 12.3.